The van der Waals surface area contributed by atoms with E-state index < -0.39 is 12.8 Å². The Morgan fingerprint density at radius 3 is 2.27 bits per heavy atom. The van der Waals surface area contributed by atoms with Crippen molar-refractivity contribution in [3.05, 3.63) is 76.8 Å². The van der Waals surface area contributed by atoms with Crippen LogP contribution in [0.1, 0.15) is 28.8 Å². The van der Waals surface area contributed by atoms with Gasteiger partial charge in [-0.3, -0.25) is 10.2 Å². The number of rotatable bonds is 14. The van der Waals surface area contributed by atoms with E-state index in [1.165, 1.54) is 21.3 Å². The summed E-state index contributed by atoms with van der Waals surface area (Å²) in [6.07, 6.45) is -2.73. The number of piperazine rings is 1. The number of aromatic nitrogens is 2. The first-order valence-electron chi connectivity index (χ1n) is 17.2. The van der Waals surface area contributed by atoms with Crippen molar-refractivity contribution in [1.29, 1.82) is 0 Å². The van der Waals surface area contributed by atoms with Gasteiger partial charge in [-0.1, -0.05) is 35.9 Å². The number of likely N-dealkylation sites (tertiary alicyclic amines) is 1. The zero-order valence-corrected chi connectivity index (χ0v) is 30.3. The number of fused-ring (bicyclic) bond motifs is 1. The first-order chi connectivity index (χ1) is 25.0. The van der Waals surface area contributed by atoms with E-state index in [2.05, 4.69) is 27.5 Å². The number of anilines is 1. The molecule has 0 aliphatic carbocycles. The minimum atomic E-state index is -4.37. The third-order valence-electron chi connectivity index (χ3n) is 9.93. The molecule has 52 heavy (non-hydrogen) atoms. The number of para-hydroxylation sites is 2. The molecule has 2 aliphatic heterocycles. The number of hydrogen-bond acceptors (Lipinski definition) is 9. The summed E-state index contributed by atoms with van der Waals surface area (Å²) < 4.78 is 61.1. The lowest BCUT2D eigenvalue weighted by Crippen LogP contribution is -2.50. The standard InChI is InChI=1S/C37H44ClF3N6O5/c1-49-31-22-26(23-32(50-2)33(31)51-3)34(48)45-15-13-36(24-45,27-8-10-28(38)11-9-27)12-14-44-16-18-46(19-17-44)43-35-42-29-6-4-5-7-30(29)47(35)20-21-52-25-37(39,40)41/h4-11,22-23H,12-21,24-25H2,1-3H3,(H,42,43). The van der Waals surface area contributed by atoms with Crippen LogP contribution in [0.25, 0.3) is 11.0 Å². The molecule has 2 saturated heterocycles. The number of nitrogens with one attached hydrogen (secondary N) is 1. The van der Waals surface area contributed by atoms with Crippen LogP contribution in [0.4, 0.5) is 19.1 Å². The highest BCUT2D eigenvalue weighted by atomic mass is 35.5. The van der Waals surface area contributed by atoms with Gasteiger partial charge in [0.15, 0.2) is 11.5 Å². The fourth-order valence-corrected chi connectivity index (χ4v) is 7.27. The molecule has 1 amide bonds. The Hall–Kier alpha value is -4.24. The highest BCUT2D eigenvalue weighted by molar-refractivity contribution is 6.30. The molecule has 0 radical (unpaired) electrons. The maximum Gasteiger partial charge on any atom is 0.411 e. The number of ether oxygens (including phenoxy) is 4. The van der Waals surface area contributed by atoms with Crippen LogP contribution in [0.2, 0.25) is 5.02 Å². The molecular weight excluding hydrogens is 701 g/mol. The number of amides is 1. The van der Waals surface area contributed by atoms with E-state index >= 15 is 0 Å². The number of nitrogens with zero attached hydrogens (tertiary/aromatic N) is 5. The Morgan fingerprint density at radius 1 is 0.923 bits per heavy atom. The van der Waals surface area contributed by atoms with Gasteiger partial charge in [-0.25, -0.2) is 9.99 Å². The molecule has 0 bridgehead atoms. The molecule has 1 N–H and O–H groups in total. The van der Waals surface area contributed by atoms with E-state index in [4.69, 9.17) is 35.5 Å². The molecule has 15 heteroatoms. The van der Waals surface area contributed by atoms with Gasteiger partial charge in [-0.2, -0.15) is 13.2 Å². The lowest BCUT2D eigenvalue weighted by molar-refractivity contribution is -0.174. The van der Waals surface area contributed by atoms with Gasteiger partial charge < -0.3 is 33.3 Å². The molecule has 0 saturated carbocycles. The summed E-state index contributed by atoms with van der Waals surface area (Å²) in [4.78, 5) is 23.0. The molecule has 11 nitrogen and oxygen atoms in total. The third kappa shape index (κ3) is 8.52. The zero-order chi connectivity index (χ0) is 36.9. The van der Waals surface area contributed by atoms with E-state index in [1.807, 2.05) is 45.9 Å². The summed E-state index contributed by atoms with van der Waals surface area (Å²) in [5.74, 6) is 1.74. The zero-order valence-electron chi connectivity index (χ0n) is 29.5. The van der Waals surface area contributed by atoms with Gasteiger partial charge in [0, 0.05) is 61.8 Å². The second-order valence-corrected chi connectivity index (χ2v) is 13.5. The molecule has 1 atom stereocenters. The van der Waals surface area contributed by atoms with Crippen LogP contribution < -0.4 is 19.6 Å². The molecule has 3 heterocycles. The molecule has 280 valence electrons. The normalized spacial score (nSPS) is 18.6. The van der Waals surface area contributed by atoms with Gasteiger partial charge in [0.1, 0.15) is 6.61 Å². The Kier molecular flexibility index (Phi) is 11.7. The monoisotopic (exact) mass is 744 g/mol. The van der Waals surface area contributed by atoms with Crippen molar-refractivity contribution in [3.8, 4) is 17.2 Å². The SMILES string of the molecule is COc1cc(C(=O)N2CCC(CCN3CCN(Nc4nc5ccccc5n4CCOCC(F)(F)F)CC3)(c3ccc(Cl)cc3)C2)cc(OC)c1OC. The second kappa shape index (κ2) is 16.2. The smallest absolute Gasteiger partial charge is 0.411 e. The first kappa shape index (κ1) is 37.5. The molecule has 6 rings (SSSR count). The van der Waals surface area contributed by atoms with Gasteiger partial charge in [0.05, 0.1) is 39.0 Å². The molecule has 3 aromatic carbocycles. The van der Waals surface area contributed by atoms with E-state index in [0.717, 1.165) is 49.1 Å². The predicted octanol–water partition coefficient (Wildman–Crippen LogP) is 6.11. The average molecular weight is 745 g/mol. The Labute approximate surface area is 306 Å². The Balaban J connectivity index is 1.10. The molecule has 4 aromatic rings. The van der Waals surface area contributed by atoms with Crippen LogP contribution in [-0.2, 0) is 16.7 Å². The van der Waals surface area contributed by atoms with E-state index in [0.29, 0.717) is 60.0 Å². The fourth-order valence-electron chi connectivity index (χ4n) is 7.15. The van der Waals surface area contributed by atoms with E-state index in [9.17, 15) is 18.0 Å². The maximum absolute atomic E-state index is 13.9. The van der Waals surface area contributed by atoms with Crippen LogP contribution in [0.15, 0.2) is 60.7 Å². The minimum absolute atomic E-state index is 0.0940. The number of carbonyl (C=O) groups is 1. The lowest BCUT2D eigenvalue weighted by atomic mass is 9.76. The van der Waals surface area contributed by atoms with Crippen molar-refractivity contribution < 1.29 is 36.9 Å². The number of carbonyl (C=O) groups excluding carboxylic acids is 1. The lowest BCUT2D eigenvalue weighted by Gasteiger charge is -2.37. The summed E-state index contributed by atoms with van der Waals surface area (Å²) >= 11 is 6.29. The largest absolute Gasteiger partial charge is 0.493 e. The van der Waals surface area contributed by atoms with E-state index in [1.54, 1.807) is 12.1 Å². The number of hydrazine groups is 1. The van der Waals surface area contributed by atoms with Gasteiger partial charge in [-0.05, 0) is 61.3 Å². The van der Waals surface area contributed by atoms with Crippen LogP contribution in [-0.4, -0.2) is 117 Å². The molecule has 2 fully saturated rings. The van der Waals surface area contributed by atoms with Crippen LogP contribution >= 0.6 is 11.6 Å². The highest BCUT2D eigenvalue weighted by Gasteiger charge is 2.42. The Morgan fingerprint density at radius 2 is 1.62 bits per heavy atom. The van der Waals surface area contributed by atoms with Gasteiger partial charge >= 0.3 is 6.18 Å². The van der Waals surface area contributed by atoms with Gasteiger partial charge in [0.2, 0.25) is 11.7 Å². The average Bonchev–Trinajstić information content (AvgIpc) is 3.74. The van der Waals surface area contributed by atoms with Crippen molar-refractivity contribution >= 4 is 34.5 Å². The van der Waals surface area contributed by atoms with Gasteiger partial charge in [-0.15, -0.1) is 0 Å². The summed E-state index contributed by atoms with van der Waals surface area (Å²) in [6.45, 7) is 3.85. The number of alkyl halides is 3. The van der Waals surface area contributed by atoms with Crippen molar-refractivity contribution in [2.45, 2.75) is 31.0 Å². The molecule has 1 unspecified atom stereocenters. The molecule has 1 aromatic heterocycles. The van der Waals surface area contributed by atoms with E-state index in [-0.39, 0.29) is 24.5 Å². The number of hydrogen-bond donors (Lipinski definition) is 1. The van der Waals surface area contributed by atoms with Crippen molar-refractivity contribution in [3.63, 3.8) is 0 Å². The number of imidazole rings is 1. The third-order valence-corrected chi connectivity index (χ3v) is 10.2. The van der Waals surface area contributed by atoms with Gasteiger partial charge in [0.25, 0.3) is 5.91 Å². The quantitative estimate of drug-likeness (QED) is 0.154. The van der Waals surface area contributed by atoms with Crippen LogP contribution in [0.5, 0.6) is 17.2 Å². The number of halogens is 4. The summed E-state index contributed by atoms with van der Waals surface area (Å²) in [6, 6.07) is 18.9. The van der Waals surface area contributed by atoms with Crippen LogP contribution in [0, 0.1) is 0 Å². The molecule has 2 aliphatic rings. The highest BCUT2D eigenvalue weighted by Crippen LogP contribution is 2.42. The fraction of sp³-hybridized carbons (Fsp3) is 0.459. The molecule has 0 spiro atoms. The summed E-state index contributed by atoms with van der Waals surface area (Å²) in [5, 5.41) is 2.75. The predicted molar refractivity (Wildman–Crippen MR) is 193 cm³/mol. The van der Waals surface area contributed by atoms with Crippen molar-refractivity contribution in [2.24, 2.45) is 0 Å². The number of methoxy groups -OCH3 is 3. The van der Waals surface area contributed by atoms with Crippen molar-refractivity contribution in [1.82, 2.24) is 24.4 Å². The summed E-state index contributed by atoms with van der Waals surface area (Å²) in [5.41, 5.74) is 6.32. The first-order valence-corrected chi connectivity index (χ1v) is 17.6. The second-order valence-electron chi connectivity index (χ2n) is 13.1. The van der Waals surface area contributed by atoms with Crippen LogP contribution in [0.3, 0.4) is 0 Å². The Bertz CT molecular complexity index is 1810. The summed E-state index contributed by atoms with van der Waals surface area (Å²) in [7, 11) is 4.59. The minimum Gasteiger partial charge on any atom is -0.493 e. The number of benzene rings is 3. The molecular formula is C37H44ClF3N6O5. The topological polar surface area (TPSA) is 93.6 Å². The maximum atomic E-state index is 13.9. The van der Waals surface area contributed by atoms with Crippen molar-refractivity contribution in [2.75, 3.05) is 85.8 Å².